The fraction of sp³-hybridized carbons (Fsp3) is 0.538. The molecule has 0 bridgehead atoms. The Balaban J connectivity index is 2.32. The molecule has 1 aliphatic rings. The molecule has 1 aliphatic carbocycles. The first-order chi connectivity index (χ1) is 9.72. The van der Waals surface area contributed by atoms with Crippen molar-refractivity contribution < 1.29 is 26.7 Å². The maximum Gasteiger partial charge on any atom is 0.417 e. The van der Waals surface area contributed by atoms with Gasteiger partial charge in [-0.3, -0.25) is 0 Å². The van der Waals surface area contributed by atoms with Crippen molar-refractivity contribution in [2.75, 3.05) is 0 Å². The average Bonchev–Trinajstić information content (AvgIpc) is 2.40. The maximum atomic E-state index is 12.9. The van der Waals surface area contributed by atoms with Crippen LogP contribution in [0.1, 0.15) is 31.2 Å². The van der Waals surface area contributed by atoms with Crippen LogP contribution in [0.5, 0.6) is 0 Å². The van der Waals surface area contributed by atoms with E-state index >= 15 is 0 Å². The number of sulfonamides is 1. The molecule has 118 valence electrons. The predicted molar refractivity (Wildman–Crippen MR) is 70.0 cm³/mol. The van der Waals surface area contributed by atoms with Gasteiger partial charge in [0.25, 0.3) is 0 Å². The number of rotatable bonds is 3. The normalized spacial score (nSPS) is 24.0. The minimum atomic E-state index is -4.75. The molecule has 0 aliphatic heterocycles. The fourth-order valence-electron chi connectivity index (χ4n) is 2.45. The molecule has 0 saturated heterocycles. The lowest BCUT2D eigenvalue weighted by Crippen LogP contribution is -2.45. The highest BCUT2D eigenvalue weighted by molar-refractivity contribution is 7.89. The molecular weight excluding hydrogens is 307 g/mol. The first-order valence-corrected chi connectivity index (χ1v) is 8.07. The second kappa shape index (κ2) is 5.94. The number of alkyl halides is 3. The van der Waals surface area contributed by atoms with Crippen molar-refractivity contribution in [3.8, 4) is 0 Å². The van der Waals surface area contributed by atoms with E-state index in [1.807, 2.05) is 0 Å². The van der Waals surface area contributed by atoms with E-state index in [9.17, 15) is 26.7 Å². The first kappa shape index (κ1) is 16.3. The van der Waals surface area contributed by atoms with Gasteiger partial charge in [-0.2, -0.15) is 13.2 Å². The third kappa shape index (κ3) is 3.75. The molecule has 0 unspecified atom stereocenters. The van der Waals surface area contributed by atoms with E-state index in [0.29, 0.717) is 12.8 Å². The Bertz CT molecular complexity index is 601. The minimum Gasteiger partial charge on any atom is -0.391 e. The first-order valence-electron chi connectivity index (χ1n) is 6.58. The zero-order chi connectivity index (χ0) is 15.7. The molecule has 2 atom stereocenters. The summed E-state index contributed by atoms with van der Waals surface area (Å²) >= 11 is 0. The third-order valence-electron chi connectivity index (χ3n) is 3.52. The summed E-state index contributed by atoms with van der Waals surface area (Å²) in [5.41, 5.74) is -1.21. The van der Waals surface area contributed by atoms with Crippen LogP contribution in [-0.4, -0.2) is 25.7 Å². The summed E-state index contributed by atoms with van der Waals surface area (Å²) in [5.74, 6) is 0. The Labute approximate surface area is 121 Å². The van der Waals surface area contributed by atoms with Gasteiger partial charge in [-0.15, -0.1) is 0 Å². The molecular formula is C13H16F3NO3S. The highest BCUT2D eigenvalue weighted by atomic mass is 32.2. The lowest BCUT2D eigenvalue weighted by Gasteiger charge is -2.28. The van der Waals surface area contributed by atoms with Gasteiger partial charge in [0.05, 0.1) is 16.6 Å². The molecule has 1 fully saturated rings. The topological polar surface area (TPSA) is 66.4 Å². The molecule has 1 aromatic rings. The summed E-state index contributed by atoms with van der Waals surface area (Å²) in [7, 11) is -4.34. The van der Waals surface area contributed by atoms with Crippen LogP contribution >= 0.6 is 0 Å². The van der Waals surface area contributed by atoms with E-state index in [-0.39, 0.29) is 0 Å². The zero-order valence-corrected chi connectivity index (χ0v) is 11.9. The van der Waals surface area contributed by atoms with Crippen LogP contribution in [0.4, 0.5) is 13.2 Å². The molecule has 8 heteroatoms. The van der Waals surface area contributed by atoms with Crippen LogP contribution < -0.4 is 4.72 Å². The van der Waals surface area contributed by atoms with Crippen molar-refractivity contribution in [2.24, 2.45) is 0 Å². The molecule has 0 radical (unpaired) electrons. The summed E-state index contributed by atoms with van der Waals surface area (Å²) in [6.45, 7) is 0. The van der Waals surface area contributed by atoms with Crippen molar-refractivity contribution in [3.05, 3.63) is 29.8 Å². The van der Waals surface area contributed by atoms with Crippen molar-refractivity contribution in [2.45, 2.75) is 48.9 Å². The van der Waals surface area contributed by atoms with E-state index in [1.165, 1.54) is 6.07 Å². The summed E-state index contributed by atoms with van der Waals surface area (Å²) in [6, 6.07) is 3.27. The van der Waals surface area contributed by atoms with Crippen molar-refractivity contribution in [1.29, 1.82) is 0 Å². The second-order valence-corrected chi connectivity index (χ2v) is 6.76. The smallest absolute Gasteiger partial charge is 0.391 e. The van der Waals surface area contributed by atoms with Gasteiger partial charge in [0.15, 0.2) is 0 Å². The summed E-state index contributed by atoms with van der Waals surface area (Å²) in [6.07, 6.45) is -3.27. The van der Waals surface area contributed by atoms with Crippen LogP contribution in [0.15, 0.2) is 29.2 Å². The summed E-state index contributed by atoms with van der Waals surface area (Å²) in [5, 5.41) is 9.76. The molecule has 0 aromatic heterocycles. The summed E-state index contributed by atoms with van der Waals surface area (Å²) < 4.78 is 65.3. The van der Waals surface area contributed by atoms with Crippen LogP contribution in [0.3, 0.4) is 0 Å². The Morgan fingerprint density at radius 3 is 2.38 bits per heavy atom. The van der Waals surface area contributed by atoms with E-state index < -0.39 is 38.8 Å². The van der Waals surface area contributed by atoms with Gasteiger partial charge in [-0.1, -0.05) is 25.0 Å². The lowest BCUT2D eigenvalue weighted by atomic mass is 9.93. The van der Waals surface area contributed by atoms with Gasteiger partial charge in [0.1, 0.15) is 0 Å². The van der Waals surface area contributed by atoms with Gasteiger partial charge in [-0.05, 0) is 25.0 Å². The Kier molecular flexibility index (Phi) is 4.60. The predicted octanol–water partition coefficient (Wildman–Crippen LogP) is 2.29. The maximum absolute atomic E-state index is 12.9. The van der Waals surface area contributed by atoms with Crippen molar-refractivity contribution in [3.63, 3.8) is 0 Å². The van der Waals surface area contributed by atoms with Crippen LogP contribution in [0, 0.1) is 0 Å². The molecule has 2 N–H and O–H groups in total. The van der Waals surface area contributed by atoms with Gasteiger partial charge in [0, 0.05) is 6.04 Å². The summed E-state index contributed by atoms with van der Waals surface area (Å²) in [4.78, 5) is -0.810. The van der Waals surface area contributed by atoms with Crippen LogP contribution in [0.2, 0.25) is 0 Å². The third-order valence-corrected chi connectivity index (χ3v) is 5.07. The molecule has 1 saturated carbocycles. The van der Waals surface area contributed by atoms with Gasteiger partial charge in [0.2, 0.25) is 10.0 Å². The van der Waals surface area contributed by atoms with Crippen molar-refractivity contribution >= 4 is 10.0 Å². The minimum absolute atomic E-state index is 0.411. The number of nitrogens with one attached hydrogen (secondary N) is 1. The molecule has 1 aromatic carbocycles. The quantitative estimate of drug-likeness (QED) is 0.897. The molecule has 0 spiro atoms. The number of aliphatic hydroxyl groups is 1. The number of benzene rings is 1. The van der Waals surface area contributed by atoms with Gasteiger partial charge < -0.3 is 5.11 Å². The second-order valence-electron chi connectivity index (χ2n) is 5.07. The van der Waals surface area contributed by atoms with Gasteiger partial charge >= 0.3 is 6.18 Å². The van der Waals surface area contributed by atoms with E-state index in [0.717, 1.165) is 31.0 Å². The SMILES string of the molecule is O=S(=O)(N[C@@H]1CCCC[C@H]1O)c1ccccc1C(F)(F)F. The number of aliphatic hydroxyl groups excluding tert-OH is 1. The highest BCUT2D eigenvalue weighted by Gasteiger charge is 2.38. The van der Waals surface area contributed by atoms with Crippen LogP contribution in [-0.2, 0) is 16.2 Å². The Morgan fingerprint density at radius 1 is 1.14 bits per heavy atom. The highest BCUT2D eigenvalue weighted by Crippen LogP contribution is 2.34. The van der Waals surface area contributed by atoms with E-state index in [2.05, 4.69) is 4.72 Å². The molecule has 21 heavy (non-hydrogen) atoms. The largest absolute Gasteiger partial charge is 0.417 e. The molecule has 4 nitrogen and oxygen atoms in total. The number of hydrogen-bond donors (Lipinski definition) is 2. The molecule has 0 amide bonds. The Hall–Kier alpha value is -1.12. The standard InChI is InChI=1S/C13H16F3NO3S/c14-13(15,16)9-5-1-4-8-12(9)21(19,20)17-10-6-2-3-7-11(10)18/h1,4-5,8,10-11,17-18H,2-3,6-7H2/t10-,11-/m1/s1. The molecule has 2 rings (SSSR count). The Morgan fingerprint density at radius 2 is 1.76 bits per heavy atom. The monoisotopic (exact) mass is 323 g/mol. The lowest BCUT2D eigenvalue weighted by molar-refractivity contribution is -0.139. The number of hydrogen-bond acceptors (Lipinski definition) is 3. The number of halogens is 3. The average molecular weight is 323 g/mol. The van der Waals surface area contributed by atoms with Gasteiger partial charge in [-0.25, -0.2) is 13.1 Å². The zero-order valence-electron chi connectivity index (χ0n) is 11.1. The van der Waals surface area contributed by atoms with E-state index in [1.54, 1.807) is 0 Å². The van der Waals surface area contributed by atoms with Crippen molar-refractivity contribution in [1.82, 2.24) is 4.72 Å². The fourth-order valence-corrected chi connectivity index (χ4v) is 3.98. The van der Waals surface area contributed by atoms with E-state index in [4.69, 9.17) is 0 Å². The van der Waals surface area contributed by atoms with Crippen LogP contribution in [0.25, 0.3) is 0 Å². The molecule has 0 heterocycles.